The number of carbonyl (C=O) groups is 1. The maximum Gasteiger partial charge on any atom is 0.401 e. The molecule has 3 nitrogen and oxygen atoms in total. The average molecular weight is 227 g/mol. The van der Waals surface area contributed by atoms with Crippen molar-refractivity contribution in [3.05, 3.63) is 0 Å². The van der Waals surface area contributed by atoms with Crippen LogP contribution >= 0.6 is 0 Å². The summed E-state index contributed by atoms with van der Waals surface area (Å²) in [6, 6.07) is 0. The van der Waals surface area contributed by atoms with Gasteiger partial charge >= 0.3 is 12.1 Å². The van der Waals surface area contributed by atoms with E-state index in [9.17, 15) is 18.0 Å². The van der Waals surface area contributed by atoms with Gasteiger partial charge in [0.05, 0.1) is 6.54 Å². The molecule has 0 saturated heterocycles. The quantitative estimate of drug-likeness (QED) is 0.677. The largest absolute Gasteiger partial charge is 0.481 e. The van der Waals surface area contributed by atoms with Gasteiger partial charge in [0.1, 0.15) is 0 Å². The van der Waals surface area contributed by atoms with Crippen LogP contribution in [0.3, 0.4) is 0 Å². The van der Waals surface area contributed by atoms with Gasteiger partial charge in [0.15, 0.2) is 0 Å². The minimum absolute atomic E-state index is 0.0863. The standard InChI is InChI=1S/C9H16F3NO2/c1-13(7-9(10,11)12)6-4-2-3-5-8(14)15/h2-7H2,1H3,(H,14,15). The molecule has 0 fully saturated rings. The summed E-state index contributed by atoms with van der Waals surface area (Å²) in [4.78, 5) is 11.3. The Morgan fingerprint density at radius 1 is 1.27 bits per heavy atom. The van der Waals surface area contributed by atoms with E-state index in [-0.39, 0.29) is 6.42 Å². The fraction of sp³-hybridized carbons (Fsp3) is 0.889. The van der Waals surface area contributed by atoms with E-state index in [0.717, 1.165) is 0 Å². The summed E-state index contributed by atoms with van der Waals surface area (Å²) in [6.07, 6.45) is -2.30. The summed E-state index contributed by atoms with van der Waals surface area (Å²) in [6.45, 7) is -0.564. The molecule has 15 heavy (non-hydrogen) atoms. The third kappa shape index (κ3) is 11.1. The Labute approximate surface area is 86.9 Å². The molecule has 1 N–H and O–H groups in total. The summed E-state index contributed by atoms with van der Waals surface area (Å²) >= 11 is 0. The molecule has 0 aliphatic heterocycles. The van der Waals surface area contributed by atoms with Crippen LogP contribution in [0.5, 0.6) is 0 Å². The Morgan fingerprint density at radius 2 is 1.87 bits per heavy atom. The summed E-state index contributed by atoms with van der Waals surface area (Å²) in [5.41, 5.74) is 0. The van der Waals surface area contributed by atoms with Gasteiger partial charge in [-0.05, 0) is 26.4 Å². The van der Waals surface area contributed by atoms with Gasteiger partial charge < -0.3 is 5.11 Å². The monoisotopic (exact) mass is 227 g/mol. The van der Waals surface area contributed by atoms with E-state index >= 15 is 0 Å². The number of unbranched alkanes of at least 4 members (excludes halogenated alkanes) is 2. The molecule has 0 amide bonds. The molecule has 0 unspecified atom stereocenters. The fourth-order valence-corrected chi connectivity index (χ4v) is 1.22. The highest BCUT2D eigenvalue weighted by Crippen LogP contribution is 2.15. The first-order chi connectivity index (χ1) is 6.81. The summed E-state index contributed by atoms with van der Waals surface area (Å²) in [7, 11) is 1.41. The van der Waals surface area contributed by atoms with Crippen LogP contribution in [0.2, 0.25) is 0 Å². The zero-order chi connectivity index (χ0) is 11.9. The zero-order valence-corrected chi connectivity index (χ0v) is 8.68. The normalized spacial score (nSPS) is 12.1. The van der Waals surface area contributed by atoms with Crippen molar-refractivity contribution in [1.82, 2.24) is 4.90 Å². The minimum atomic E-state index is -4.16. The molecule has 0 aliphatic carbocycles. The van der Waals surface area contributed by atoms with Gasteiger partial charge in [0.25, 0.3) is 0 Å². The van der Waals surface area contributed by atoms with E-state index in [4.69, 9.17) is 5.11 Å². The topological polar surface area (TPSA) is 40.5 Å². The van der Waals surface area contributed by atoms with Crippen LogP contribution in [0.1, 0.15) is 25.7 Å². The Hall–Kier alpha value is -0.780. The summed E-state index contributed by atoms with van der Waals surface area (Å²) in [5.74, 6) is -0.862. The molecule has 0 bridgehead atoms. The molecule has 0 aromatic heterocycles. The first kappa shape index (κ1) is 14.2. The summed E-state index contributed by atoms with van der Waals surface area (Å²) < 4.78 is 35.6. The smallest absolute Gasteiger partial charge is 0.401 e. The number of hydrogen-bond acceptors (Lipinski definition) is 2. The lowest BCUT2D eigenvalue weighted by atomic mass is 10.2. The van der Waals surface area contributed by atoms with Crippen LogP contribution in [0.4, 0.5) is 13.2 Å². The number of carboxylic acids is 1. The SMILES string of the molecule is CN(CCCCCC(=O)O)CC(F)(F)F. The first-order valence-corrected chi connectivity index (χ1v) is 4.78. The second-order valence-corrected chi connectivity index (χ2v) is 3.56. The molecule has 90 valence electrons. The predicted octanol–water partition coefficient (Wildman–Crippen LogP) is 2.13. The number of nitrogens with zero attached hydrogens (tertiary/aromatic N) is 1. The van der Waals surface area contributed by atoms with E-state index in [1.807, 2.05) is 0 Å². The van der Waals surface area contributed by atoms with Crippen molar-refractivity contribution >= 4 is 5.97 Å². The second kappa shape index (κ2) is 6.66. The number of rotatable bonds is 7. The highest BCUT2D eigenvalue weighted by molar-refractivity contribution is 5.66. The number of hydrogen-bond donors (Lipinski definition) is 1. The average Bonchev–Trinajstić information content (AvgIpc) is 1.99. The molecule has 6 heteroatoms. The predicted molar refractivity (Wildman–Crippen MR) is 49.7 cm³/mol. The van der Waals surface area contributed by atoms with E-state index < -0.39 is 18.7 Å². The second-order valence-electron chi connectivity index (χ2n) is 3.56. The molecule has 0 radical (unpaired) electrons. The Balaban J connectivity index is 3.39. The van der Waals surface area contributed by atoms with E-state index in [2.05, 4.69) is 0 Å². The molecule has 0 atom stereocenters. The van der Waals surface area contributed by atoms with E-state index in [1.165, 1.54) is 11.9 Å². The van der Waals surface area contributed by atoms with Crippen molar-refractivity contribution < 1.29 is 23.1 Å². The molecule has 0 rings (SSSR count). The first-order valence-electron chi connectivity index (χ1n) is 4.78. The molecule has 0 heterocycles. The lowest BCUT2D eigenvalue weighted by molar-refractivity contribution is -0.143. The van der Waals surface area contributed by atoms with Crippen LogP contribution in [-0.4, -0.2) is 42.3 Å². The maximum absolute atomic E-state index is 11.9. The van der Waals surface area contributed by atoms with Crippen molar-refractivity contribution in [2.75, 3.05) is 20.1 Å². The van der Waals surface area contributed by atoms with Crippen LogP contribution < -0.4 is 0 Å². The van der Waals surface area contributed by atoms with Crippen molar-refractivity contribution in [3.63, 3.8) is 0 Å². The van der Waals surface area contributed by atoms with Gasteiger partial charge in [-0.25, -0.2) is 0 Å². The van der Waals surface area contributed by atoms with Crippen molar-refractivity contribution in [2.24, 2.45) is 0 Å². The molecular formula is C9H16F3NO2. The van der Waals surface area contributed by atoms with Crippen LogP contribution in [0, 0.1) is 0 Å². The zero-order valence-electron chi connectivity index (χ0n) is 8.68. The highest BCUT2D eigenvalue weighted by atomic mass is 19.4. The van der Waals surface area contributed by atoms with Gasteiger partial charge in [-0.3, -0.25) is 9.69 Å². The number of halogens is 3. The van der Waals surface area contributed by atoms with Gasteiger partial charge in [0.2, 0.25) is 0 Å². The van der Waals surface area contributed by atoms with Crippen LogP contribution in [0.15, 0.2) is 0 Å². The fourth-order valence-electron chi connectivity index (χ4n) is 1.22. The number of aliphatic carboxylic acids is 1. The molecule has 0 aromatic carbocycles. The number of alkyl halides is 3. The Kier molecular flexibility index (Phi) is 6.31. The highest BCUT2D eigenvalue weighted by Gasteiger charge is 2.28. The molecule has 0 spiro atoms. The van der Waals surface area contributed by atoms with Crippen LogP contribution in [0.25, 0.3) is 0 Å². The Morgan fingerprint density at radius 3 is 2.33 bits per heavy atom. The summed E-state index contributed by atoms with van der Waals surface area (Å²) in [5, 5.41) is 8.32. The number of carboxylic acid groups (broad SMARTS) is 1. The lowest BCUT2D eigenvalue weighted by Gasteiger charge is -2.17. The molecule has 0 aliphatic rings. The van der Waals surface area contributed by atoms with Gasteiger partial charge in [-0.1, -0.05) is 6.42 Å². The van der Waals surface area contributed by atoms with Crippen molar-refractivity contribution in [2.45, 2.75) is 31.9 Å². The van der Waals surface area contributed by atoms with Crippen LogP contribution in [-0.2, 0) is 4.79 Å². The molecule has 0 saturated carbocycles. The van der Waals surface area contributed by atoms with Crippen molar-refractivity contribution in [1.29, 1.82) is 0 Å². The molecule has 0 aromatic rings. The maximum atomic E-state index is 11.9. The minimum Gasteiger partial charge on any atom is -0.481 e. The molecular weight excluding hydrogens is 211 g/mol. The van der Waals surface area contributed by atoms with Gasteiger partial charge in [0, 0.05) is 6.42 Å². The van der Waals surface area contributed by atoms with E-state index in [0.29, 0.717) is 25.8 Å². The van der Waals surface area contributed by atoms with Gasteiger partial charge in [-0.15, -0.1) is 0 Å². The van der Waals surface area contributed by atoms with E-state index in [1.54, 1.807) is 0 Å². The Bertz CT molecular complexity index is 194. The third-order valence-corrected chi connectivity index (χ3v) is 1.88. The van der Waals surface area contributed by atoms with Crippen molar-refractivity contribution in [3.8, 4) is 0 Å². The third-order valence-electron chi connectivity index (χ3n) is 1.88. The van der Waals surface area contributed by atoms with Gasteiger partial charge in [-0.2, -0.15) is 13.2 Å². The lowest BCUT2D eigenvalue weighted by Crippen LogP contribution is -2.31.